The number of unbranched alkanes of at least 4 members (excludes halogenated alkanes) is 18. The highest BCUT2D eigenvalue weighted by Crippen LogP contribution is 2.17. The van der Waals surface area contributed by atoms with E-state index in [2.05, 4.69) is 79.1 Å². The Hall–Kier alpha value is -2.20. The zero-order valence-electron chi connectivity index (χ0n) is 41.1. The number of piperazine rings is 1. The lowest BCUT2D eigenvalue weighted by molar-refractivity contribution is -0.144. The van der Waals surface area contributed by atoms with E-state index < -0.39 is 6.29 Å². The van der Waals surface area contributed by atoms with Crippen LogP contribution < -0.4 is 10.6 Å². The molecule has 362 valence electrons. The number of hydrogen-bond acceptors (Lipinski definition) is 8. The predicted molar refractivity (Wildman–Crippen MR) is 263 cm³/mol. The third-order valence-corrected chi connectivity index (χ3v) is 12.3. The molecule has 0 radical (unpaired) electrons. The van der Waals surface area contributed by atoms with E-state index in [9.17, 15) is 14.7 Å². The van der Waals surface area contributed by atoms with E-state index in [0.29, 0.717) is 26.1 Å². The van der Waals surface area contributed by atoms with Crippen LogP contribution in [0.1, 0.15) is 220 Å². The van der Waals surface area contributed by atoms with Crippen LogP contribution in [0.5, 0.6) is 0 Å². The summed E-state index contributed by atoms with van der Waals surface area (Å²) in [5.74, 6) is 0.0532. The molecule has 62 heavy (non-hydrogen) atoms. The zero-order chi connectivity index (χ0) is 45.1. The Labute approximate surface area is 383 Å². The quantitative estimate of drug-likeness (QED) is 0.0241. The summed E-state index contributed by atoms with van der Waals surface area (Å²) in [6.45, 7) is 17.3. The maximum absolute atomic E-state index is 13.0. The van der Waals surface area contributed by atoms with Gasteiger partial charge in [-0.25, -0.2) is 0 Å². The molecule has 3 N–H and O–H groups in total. The minimum atomic E-state index is -0.653. The fourth-order valence-electron chi connectivity index (χ4n) is 8.12. The Morgan fingerprint density at radius 3 is 1.82 bits per heavy atom. The zero-order valence-corrected chi connectivity index (χ0v) is 41.1. The molecule has 1 heterocycles. The minimum absolute atomic E-state index is 0.0242. The summed E-state index contributed by atoms with van der Waals surface area (Å²) in [6.07, 6.45) is 42.4. The Morgan fingerprint density at radius 2 is 1.15 bits per heavy atom. The van der Waals surface area contributed by atoms with Gasteiger partial charge in [0.05, 0.1) is 12.6 Å². The number of allylic oxidation sites excluding steroid dienone is 4. The molecule has 9 nitrogen and oxygen atoms in total. The topological polar surface area (TPSA) is 103 Å². The lowest BCUT2D eigenvalue weighted by Crippen LogP contribution is -2.56. The van der Waals surface area contributed by atoms with Gasteiger partial charge >= 0.3 is 5.97 Å². The number of nitrogens with one attached hydrogen (secondary N) is 2. The van der Waals surface area contributed by atoms with Gasteiger partial charge in [-0.1, -0.05) is 129 Å². The van der Waals surface area contributed by atoms with Crippen molar-refractivity contribution in [3.63, 3.8) is 0 Å². The number of aliphatic hydroxyl groups is 1. The lowest BCUT2D eigenvalue weighted by Gasteiger charge is -2.33. The van der Waals surface area contributed by atoms with Crippen LogP contribution in [0.25, 0.3) is 0 Å². The van der Waals surface area contributed by atoms with Crippen LogP contribution in [0.4, 0.5) is 0 Å². The average molecular weight is 873 g/mol. The first-order valence-corrected chi connectivity index (χ1v) is 26.2. The van der Waals surface area contributed by atoms with Crippen molar-refractivity contribution >= 4 is 11.9 Å². The standard InChI is InChI=1S/C53H100N4O5/c1-6-9-12-14-15-16-17-18-19-20-21-22-23-24-25-28-40-52(59)62-47-36-34-45-57(44-33-35-46-61-51(58)39-11-8-3)43-31-26-27-38-50-53(60)55-49(48(4)54-50)37-29-32-42-56(5)41-30-13-10-7-2/h16-17,19-20,49-51,54,58H,4,6-15,18,21-47H2,1-3,5H3,(H,55,60)/b17-16-,20-19-. The second kappa shape index (κ2) is 42.7. The summed E-state index contributed by atoms with van der Waals surface area (Å²) in [7, 11) is 2.22. The Balaban J connectivity index is 2.26. The Kier molecular flexibility index (Phi) is 39.9. The van der Waals surface area contributed by atoms with Gasteiger partial charge in [0.1, 0.15) is 6.04 Å². The summed E-state index contributed by atoms with van der Waals surface area (Å²) >= 11 is 0. The minimum Gasteiger partial charge on any atom is -0.466 e. The third kappa shape index (κ3) is 35.2. The highest BCUT2D eigenvalue weighted by atomic mass is 16.6. The number of amides is 1. The molecule has 1 aliphatic heterocycles. The second-order valence-electron chi connectivity index (χ2n) is 18.3. The van der Waals surface area contributed by atoms with Gasteiger partial charge in [-0.05, 0) is 155 Å². The van der Waals surface area contributed by atoms with E-state index in [1.807, 2.05) is 0 Å². The summed E-state index contributed by atoms with van der Waals surface area (Å²) in [5.41, 5.74) is 0.956. The fourth-order valence-corrected chi connectivity index (χ4v) is 8.12. The van der Waals surface area contributed by atoms with Gasteiger partial charge < -0.3 is 35.0 Å². The monoisotopic (exact) mass is 873 g/mol. The number of carbonyl (C=O) groups excluding carboxylic acids is 2. The summed E-state index contributed by atoms with van der Waals surface area (Å²) in [5, 5.41) is 16.7. The van der Waals surface area contributed by atoms with Crippen molar-refractivity contribution < 1.29 is 24.2 Å². The van der Waals surface area contributed by atoms with Gasteiger partial charge in [0.15, 0.2) is 6.29 Å². The summed E-state index contributed by atoms with van der Waals surface area (Å²) < 4.78 is 11.2. The normalized spacial score (nSPS) is 16.2. The smallest absolute Gasteiger partial charge is 0.305 e. The van der Waals surface area contributed by atoms with E-state index in [1.165, 1.54) is 83.6 Å². The summed E-state index contributed by atoms with van der Waals surface area (Å²) in [4.78, 5) is 30.3. The van der Waals surface area contributed by atoms with Crippen molar-refractivity contribution in [1.29, 1.82) is 0 Å². The highest BCUT2D eigenvalue weighted by molar-refractivity contribution is 5.83. The van der Waals surface area contributed by atoms with Crippen molar-refractivity contribution in [2.24, 2.45) is 0 Å². The SMILES string of the molecule is C=C1NC(CCCCCN(CCCCOC(=O)CCCCCCC/C=C\C/C=C\CCCCCC)CCCCOC(O)CCCC)C(=O)NC1CCCCN(C)CCCCCC. The van der Waals surface area contributed by atoms with E-state index in [4.69, 9.17) is 9.47 Å². The number of carbonyl (C=O) groups is 2. The van der Waals surface area contributed by atoms with E-state index >= 15 is 0 Å². The molecule has 0 spiro atoms. The maximum Gasteiger partial charge on any atom is 0.305 e. The van der Waals surface area contributed by atoms with Crippen molar-refractivity contribution in [2.45, 2.75) is 238 Å². The molecule has 9 heteroatoms. The highest BCUT2D eigenvalue weighted by Gasteiger charge is 2.29. The molecule has 0 aliphatic carbocycles. The van der Waals surface area contributed by atoms with Gasteiger partial charge in [0.2, 0.25) is 5.91 Å². The van der Waals surface area contributed by atoms with Gasteiger partial charge in [0.25, 0.3) is 0 Å². The molecule has 0 aromatic carbocycles. The van der Waals surface area contributed by atoms with Crippen LogP contribution in [-0.4, -0.2) is 98.1 Å². The molecule has 1 aliphatic rings. The van der Waals surface area contributed by atoms with Crippen LogP contribution in [0.15, 0.2) is 36.6 Å². The number of aliphatic hydroxyl groups excluding tert-OH is 1. The van der Waals surface area contributed by atoms with Crippen LogP contribution in [0.2, 0.25) is 0 Å². The molecule has 1 amide bonds. The van der Waals surface area contributed by atoms with Crippen molar-refractivity contribution in [3.8, 4) is 0 Å². The van der Waals surface area contributed by atoms with Crippen molar-refractivity contribution in [2.75, 3.05) is 53.0 Å². The Bertz CT molecular complexity index is 1120. The molecule has 3 atom stereocenters. The number of rotatable bonds is 45. The number of hydrogen-bond donors (Lipinski definition) is 3. The second-order valence-corrected chi connectivity index (χ2v) is 18.3. The van der Waals surface area contributed by atoms with Gasteiger partial charge in [-0.2, -0.15) is 0 Å². The fraction of sp³-hybridized carbons (Fsp3) is 0.849. The van der Waals surface area contributed by atoms with Crippen LogP contribution >= 0.6 is 0 Å². The van der Waals surface area contributed by atoms with Crippen molar-refractivity contribution in [3.05, 3.63) is 36.6 Å². The first kappa shape index (κ1) is 57.8. The van der Waals surface area contributed by atoms with E-state index in [-0.39, 0.29) is 24.0 Å². The lowest BCUT2D eigenvalue weighted by atomic mass is 9.99. The maximum atomic E-state index is 13.0. The van der Waals surface area contributed by atoms with E-state index in [0.717, 1.165) is 141 Å². The molecule has 0 bridgehead atoms. The molecular formula is C53H100N4O5. The molecule has 1 fully saturated rings. The van der Waals surface area contributed by atoms with Crippen molar-refractivity contribution in [1.82, 2.24) is 20.4 Å². The first-order chi connectivity index (χ1) is 30.3. The largest absolute Gasteiger partial charge is 0.466 e. The predicted octanol–water partition coefficient (Wildman–Crippen LogP) is 12.3. The van der Waals surface area contributed by atoms with Crippen LogP contribution in [-0.2, 0) is 19.1 Å². The number of esters is 1. The summed E-state index contributed by atoms with van der Waals surface area (Å²) in [6, 6.07) is -0.171. The van der Waals surface area contributed by atoms with Gasteiger partial charge in [0, 0.05) is 18.7 Å². The van der Waals surface area contributed by atoms with E-state index in [1.54, 1.807) is 0 Å². The molecule has 1 saturated heterocycles. The van der Waals surface area contributed by atoms with Crippen LogP contribution in [0.3, 0.4) is 0 Å². The molecule has 0 aromatic heterocycles. The molecule has 0 saturated carbocycles. The molecule has 1 rings (SSSR count). The average Bonchev–Trinajstić information content (AvgIpc) is 3.26. The van der Waals surface area contributed by atoms with Gasteiger partial charge in [-0.15, -0.1) is 0 Å². The molecular weight excluding hydrogens is 773 g/mol. The van der Waals surface area contributed by atoms with Gasteiger partial charge in [-0.3, -0.25) is 9.59 Å². The molecule has 0 aromatic rings. The number of nitrogens with zero attached hydrogens (tertiary/aromatic N) is 2. The Morgan fingerprint density at radius 1 is 0.629 bits per heavy atom. The van der Waals surface area contributed by atoms with Crippen LogP contribution in [0, 0.1) is 0 Å². The number of ether oxygens (including phenoxy) is 2. The first-order valence-electron chi connectivity index (χ1n) is 26.2. The molecule has 3 unspecified atom stereocenters. The third-order valence-electron chi connectivity index (χ3n) is 12.3.